The molecule has 0 bridgehead atoms. The predicted octanol–water partition coefficient (Wildman–Crippen LogP) is 2.86. The van der Waals surface area contributed by atoms with Gasteiger partial charge in [0.25, 0.3) is 0 Å². The summed E-state index contributed by atoms with van der Waals surface area (Å²) in [5.74, 6) is -1.83. The zero-order valence-electron chi connectivity index (χ0n) is 27.6. The topological polar surface area (TPSA) is 164 Å². The normalized spacial score (nSPS) is 17.6. The van der Waals surface area contributed by atoms with Gasteiger partial charge < -0.3 is 36.1 Å². The second-order valence-electron chi connectivity index (χ2n) is 12.6. The largest absolute Gasteiger partial charge is 0.445 e. The average molecular weight is 630 g/mol. The van der Waals surface area contributed by atoms with E-state index in [9.17, 15) is 24.0 Å². The van der Waals surface area contributed by atoms with Crippen LogP contribution >= 0.6 is 0 Å². The molecule has 5 atom stereocenters. The van der Waals surface area contributed by atoms with Crippen LogP contribution in [0.25, 0.3) is 0 Å². The number of benzene rings is 1. The predicted molar refractivity (Wildman–Crippen MR) is 171 cm³/mol. The maximum atomic E-state index is 13.6. The number of hydrogen-bond donors (Lipinski definition) is 5. The Labute approximate surface area is 266 Å². The summed E-state index contributed by atoms with van der Waals surface area (Å²) in [6.07, 6.45) is 3.14. The van der Waals surface area contributed by atoms with E-state index in [4.69, 9.17) is 9.47 Å². The lowest BCUT2D eigenvalue weighted by Gasteiger charge is -2.31. The fourth-order valence-electron chi connectivity index (χ4n) is 4.91. The molecule has 2 unspecified atom stereocenters. The highest BCUT2D eigenvalue weighted by Gasteiger charge is 2.34. The van der Waals surface area contributed by atoms with E-state index in [-0.39, 0.29) is 30.4 Å². The number of hydrogen-bond acceptors (Lipinski definition) is 7. The first-order valence-corrected chi connectivity index (χ1v) is 15.7. The van der Waals surface area contributed by atoms with Crippen LogP contribution in [0.15, 0.2) is 42.5 Å². The molecule has 1 fully saturated rings. The summed E-state index contributed by atoms with van der Waals surface area (Å²) in [6.45, 7) is 13.3. The Morgan fingerprint density at radius 2 is 1.69 bits per heavy atom. The molecule has 0 aliphatic carbocycles. The second kappa shape index (κ2) is 18.1. The standard InChI is InChI=1S/C33H51N5O7/c1-8-12-26(30(41)36-25(15-16-27(39)35-21(2)3)19-24-17-18-34-29(24)40)37-31(42)28(22(4)45-33(5,6)7)38-32(43)44-20-23-13-10-9-11-14-23/h9-11,13-16,21-22,24-26,28H,8,12,17-20H2,1-7H3,(H,34,40)(H,35,39)(H,36,41)(H,37,42)(H,38,43)/b16-15+/t22?,24?,25-,26+,28+/m1/s1. The van der Waals surface area contributed by atoms with Gasteiger partial charge in [-0.3, -0.25) is 19.2 Å². The summed E-state index contributed by atoms with van der Waals surface area (Å²) in [6, 6.07) is 6.31. The summed E-state index contributed by atoms with van der Waals surface area (Å²) < 4.78 is 11.3. The molecule has 5 N–H and O–H groups in total. The highest BCUT2D eigenvalue weighted by Crippen LogP contribution is 2.18. The van der Waals surface area contributed by atoms with Crippen LogP contribution in [-0.4, -0.2) is 72.1 Å². The summed E-state index contributed by atoms with van der Waals surface area (Å²) in [5, 5.41) is 13.8. The molecule has 2 rings (SSSR count). The Hall–Kier alpha value is -3.93. The Morgan fingerprint density at radius 3 is 2.27 bits per heavy atom. The van der Waals surface area contributed by atoms with Gasteiger partial charge in [-0.1, -0.05) is 49.8 Å². The van der Waals surface area contributed by atoms with Crippen molar-refractivity contribution in [3.63, 3.8) is 0 Å². The lowest BCUT2D eigenvalue weighted by Crippen LogP contribution is -2.58. The van der Waals surface area contributed by atoms with E-state index in [2.05, 4.69) is 26.6 Å². The maximum Gasteiger partial charge on any atom is 0.408 e. The minimum absolute atomic E-state index is 0.0134. The molecule has 5 amide bonds. The van der Waals surface area contributed by atoms with Crippen molar-refractivity contribution in [1.82, 2.24) is 26.6 Å². The number of rotatable bonds is 16. The van der Waals surface area contributed by atoms with Gasteiger partial charge in [0.1, 0.15) is 18.7 Å². The molecule has 45 heavy (non-hydrogen) atoms. The smallest absolute Gasteiger partial charge is 0.408 e. The molecule has 0 aromatic heterocycles. The number of nitrogens with one attached hydrogen (secondary N) is 5. The number of amides is 5. The number of carbonyl (C=O) groups is 5. The highest BCUT2D eigenvalue weighted by molar-refractivity contribution is 5.92. The van der Waals surface area contributed by atoms with Crippen LogP contribution in [0, 0.1) is 5.92 Å². The van der Waals surface area contributed by atoms with E-state index >= 15 is 0 Å². The monoisotopic (exact) mass is 629 g/mol. The minimum Gasteiger partial charge on any atom is -0.445 e. The van der Waals surface area contributed by atoms with Crippen molar-refractivity contribution in [2.75, 3.05) is 6.54 Å². The first kappa shape index (κ1) is 37.3. The van der Waals surface area contributed by atoms with Crippen molar-refractivity contribution in [2.24, 2.45) is 5.92 Å². The molecule has 1 aromatic rings. The lowest BCUT2D eigenvalue weighted by molar-refractivity contribution is -0.135. The summed E-state index contributed by atoms with van der Waals surface area (Å²) in [7, 11) is 0. The van der Waals surface area contributed by atoms with Gasteiger partial charge in [-0.25, -0.2) is 4.79 Å². The van der Waals surface area contributed by atoms with E-state index in [1.807, 2.05) is 71.9 Å². The van der Waals surface area contributed by atoms with Gasteiger partial charge in [-0.2, -0.15) is 0 Å². The Kier molecular flexibility index (Phi) is 15.0. The fourth-order valence-corrected chi connectivity index (χ4v) is 4.91. The van der Waals surface area contributed by atoms with Crippen LogP contribution in [-0.2, 0) is 35.3 Å². The van der Waals surface area contributed by atoms with Crippen molar-refractivity contribution < 1.29 is 33.4 Å². The summed E-state index contributed by atoms with van der Waals surface area (Å²) >= 11 is 0. The lowest BCUT2D eigenvalue weighted by atomic mass is 9.97. The second-order valence-corrected chi connectivity index (χ2v) is 12.6. The van der Waals surface area contributed by atoms with Crippen molar-refractivity contribution in [3.8, 4) is 0 Å². The molecule has 12 heteroatoms. The number of alkyl carbamates (subject to hydrolysis) is 1. The van der Waals surface area contributed by atoms with Crippen molar-refractivity contribution in [2.45, 2.75) is 117 Å². The molecule has 1 saturated heterocycles. The van der Waals surface area contributed by atoms with E-state index in [1.165, 1.54) is 6.08 Å². The zero-order valence-corrected chi connectivity index (χ0v) is 27.6. The van der Waals surface area contributed by atoms with Crippen LogP contribution in [0.4, 0.5) is 4.79 Å². The van der Waals surface area contributed by atoms with Gasteiger partial charge in [-0.05, 0) is 66.4 Å². The molecule has 0 radical (unpaired) electrons. The molecule has 1 aliphatic rings. The van der Waals surface area contributed by atoms with Gasteiger partial charge >= 0.3 is 6.09 Å². The first-order valence-electron chi connectivity index (χ1n) is 15.7. The van der Waals surface area contributed by atoms with E-state index in [1.54, 1.807) is 13.0 Å². The SMILES string of the molecule is CCC[C@H](NC(=O)[C@@H](NC(=O)OCc1ccccc1)C(C)OC(C)(C)C)C(=O)N[C@H](/C=C/C(=O)NC(C)C)CC1CCNC1=O. The average Bonchev–Trinajstić information content (AvgIpc) is 3.36. The third kappa shape index (κ3) is 14.1. The van der Waals surface area contributed by atoms with Crippen molar-refractivity contribution >= 4 is 29.7 Å². The van der Waals surface area contributed by atoms with E-state index in [0.29, 0.717) is 32.2 Å². The van der Waals surface area contributed by atoms with E-state index in [0.717, 1.165) is 5.56 Å². The molecule has 12 nitrogen and oxygen atoms in total. The first-order chi connectivity index (χ1) is 21.2. The minimum atomic E-state index is -1.17. The van der Waals surface area contributed by atoms with Gasteiger partial charge in [0, 0.05) is 30.6 Å². The van der Waals surface area contributed by atoms with Crippen LogP contribution in [0.1, 0.15) is 79.7 Å². The molecular weight excluding hydrogens is 578 g/mol. The van der Waals surface area contributed by atoms with Crippen LogP contribution < -0.4 is 26.6 Å². The molecule has 1 aromatic carbocycles. The maximum absolute atomic E-state index is 13.6. The third-order valence-electron chi connectivity index (χ3n) is 6.93. The molecule has 250 valence electrons. The number of ether oxygens (including phenoxy) is 2. The molecular formula is C33H51N5O7. The van der Waals surface area contributed by atoms with Crippen LogP contribution in [0.2, 0.25) is 0 Å². The Bertz CT molecular complexity index is 1170. The van der Waals surface area contributed by atoms with Crippen molar-refractivity contribution in [3.05, 3.63) is 48.0 Å². The third-order valence-corrected chi connectivity index (χ3v) is 6.93. The quantitative estimate of drug-likeness (QED) is 0.176. The van der Waals surface area contributed by atoms with Gasteiger partial charge in [0.05, 0.1) is 11.7 Å². The Morgan fingerprint density at radius 1 is 1.00 bits per heavy atom. The molecule has 1 heterocycles. The van der Waals surface area contributed by atoms with Gasteiger partial charge in [0.2, 0.25) is 23.6 Å². The van der Waals surface area contributed by atoms with Gasteiger partial charge in [0.15, 0.2) is 0 Å². The fraction of sp³-hybridized carbons (Fsp3) is 0.606. The molecule has 0 spiro atoms. The van der Waals surface area contributed by atoms with Gasteiger partial charge in [-0.15, -0.1) is 0 Å². The molecule has 1 aliphatic heterocycles. The Balaban J connectivity index is 2.19. The van der Waals surface area contributed by atoms with E-state index < -0.39 is 47.7 Å². The zero-order chi connectivity index (χ0) is 33.6. The van der Waals surface area contributed by atoms with Crippen LogP contribution in [0.5, 0.6) is 0 Å². The number of carbonyl (C=O) groups excluding carboxylic acids is 5. The van der Waals surface area contributed by atoms with Crippen molar-refractivity contribution in [1.29, 1.82) is 0 Å². The van der Waals surface area contributed by atoms with Crippen LogP contribution in [0.3, 0.4) is 0 Å². The summed E-state index contributed by atoms with van der Waals surface area (Å²) in [5.41, 5.74) is 0.162. The summed E-state index contributed by atoms with van der Waals surface area (Å²) in [4.78, 5) is 64.5. The molecule has 0 saturated carbocycles. The highest BCUT2D eigenvalue weighted by atomic mass is 16.6.